The van der Waals surface area contributed by atoms with Gasteiger partial charge < -0.3 is 14.2 Å². The number of halogens is 5. The molecular formula is C49H58BrF4N5O5. The van der Waals surface area contributed by atoms with E-state index in [1.54, 1.807) is 4.90 Å². The number of hydrogen-bond acceptors (Lipinski definition) is 9. The molecule has 344 valence electrons. The van der Waals surface area contributed by atoms with Crippen molar-refractivity contribution in [3.05, 3.63) is 168 Å². The average Bonchev–Trinajstić information content (AvgIpc) is 4.00. The Morgan fingerprint density at radius 2 is 1.02 bits per heavy atom. The number of esters is 2. The average molecular weight is 953 g/mol. The molecule has 2 heterocycles. The second-order valence-electron chi connectivity index (χ2n) is 14.3. The van der Waals surface area contributed by atoms with Crippen molar-refractivity contribution in [2.45, 2.75) is 77.7 Å². The third kappa shape index (κ3) is 19.5. The van der Waals surface area contributed by atoms with Gasteiger partial charge in [0.25, 0.3) is 0 Å². The molecule has 1 saturated heterocycles. The molecule has 6 aromatic rings. The molecule has 0 atom stereocenters. The van der Waals surface area contributed by atoms with Crippen LogP contribution in [0, 0.1) is 0 Å². The van der Waals surface area contributed by atoms with Crippen LogP contribution in [0.15, 0.2) is 146 Å². The first-order valence-electron chi connectivity index (χ1n) is 20.6. The molecule has 1 fully saturated rings. The molecule has 0 aliphatic carbocycles. The molecule has 0 spiro atoms. The van der Waals surface area contributed by atoms with Crippen LogP contribution in [-0.2, 0) is 56.6 Å². The van der Waals surface area contributed by atoms with Gasteiger partial charge in [0.2, 0.25) is 0 Å². The molecule has 0 unspecified atom stereocenters. The minimum absolute atomic E-state index is 0. The van der Waals surface area contributed by atoms with Crippen molar-refractivity contribution in [2.24, 2.45) is 0 Å². The number of para-hydroxylation sites is 1. The zero-order valence-electron chi connectivity index (χ0n) is 35.5. The highest BCUT2D eigenvalue weighted by Gasteiger charge is 2.42. The fraction of sp³-hybridized carbons (Fsp3) is 0.347. The molecular weight excluding hydrogens is 894 g/mol. The van der Waals surface area contributed by atoms with Gasteiger partial charge in [-0.2, -0.15) is 17.6 Å². The summed E-state index contributed by atoms with van der Waals surface area (Å²) in [6.07, 6.45) is 2.56. The van der Waals surface area contributed by atoms with E-state index in [9.17, 15) is 27.2 Å². The highest BCUT2D eigenvalue weighted by molar-refractivity contribution is 9.10. The van der Waals surface area contributed by atoms with Gasteiger partial charge in [-0.15, -0.1) is 5.10 Å². The lowest BCUT2D eigenvalue weighted by molar-refractivity contribution is -0.174. The number of hydrogen-bond donors (Lipinski definition) is 0. The van der Waals surface area contributed by atoms with Crippen molar-refractivity contribution >= 4 is 38.9 Å². The Balaban J connectivity index is 0.000000260. The number of fused-ring (bicyclic) bond motifs is 1. The standard InChI is InChI=1S/C21H20N4.C19H21F2NO2.C4H5BrF2O2.C4H8O.CH4/c1-3-9-18(10-4-1)15-24(16-19-11-5-2-6-12-19)17-25-21-14-8-7-13-20(21)22-23-25;1-2-24-18(23)19(20,21)15-22(13-16-9-5-3-6-10-16)14-17-11-7-4-8-12-17;1-2-9-3(8)4(5,6)7;1-2-4-5-3-1;/h1-14H,15-17H2;3-12H,2,13-15H2,1H3;2H2,1H3;1-4H2;1H4. The minimum Gasteiger partial charge on any atom is -0.462 e. The third-order valence-electron chi connectivity index (χ3n) is 9.08. The van der Waals surface area contributed by atoms with E-state index in [1.807, 2.05) is 99.5 Å². The summed E-state index contributed by atoms with van der Waals surface area (Å²) in [7, 11) is 0. The van der Waals surface area contributed by atoms with Crippen LogP contribution < -0.4 is 0 Å². The molecule has 0 saturated carbocycles. The minimum atomic E-state index is -3.54. The van der Waals surface area contributed by atoms with Gasteiger partial charge >= 0.3 is 22.7 Å². The number of rotatable bonds is 16. The summed E-state index contributed by atoms with van der Waals surface area (Å²) in [5.74, 6) is -6.57. The predicted octanol–water partition coefficient (Wildman–Crippen LogP) is 10.9. The van der Waals surface area contributed by atoms with Crippen LogP contribution in [0.1, 0.15) is 56.4 Å². The fourth-order valence-electron chi connectivity index (χ4n) is 6.21. The van der Waals surface area contributed by atoms with Crippen molar-refractivity contribution in [3.63, 3.8) is 0 Å². The third-order valence-corrected chi connectivity index (χ3v) is 9.40. The smallest absolute Gasteiger partial charge is 0.395 e. The molecule has 15 heteroatoms. The number of carbonyl (C=O) groups is 2. The maximum absolute atomic E-state index is 14.1. The molecule has 1 aromatic heterocycles. The second-order valence-corrected chi connectivity index (χ2v) is 15.3. The molecule has 0 bridgehead atoms. The normalized spacial score (nSPS) is 12.1. The number of carbonyl (C=O) groups excluding carboxylic acids is 2. The molecule has 0 N–H and O–H groups in total. The number of aromatic nitrogens is 3. The zero-order chi connectivity index (χ0) is 45.3. The van der Waals surface area contributed by atoms with Crippen LogP contribution in [0.4, 0.5) is 17.6 Å². The Labute approximate surface area is 382 Å². The van der Waals surface area contributed by atoms with Crippen LogP contribution in [-0.4, -0.2) is 80.5 Å². The monoisotopic (exact) mass is 951 g/mol. The summed E-state index contributed by atoms with van der Waals surface area (Å²) in [6.45, 7) is 7.26. The molecule has 0 amide bonds. The molecule has 0 radical (unpaired) electrons. The van der Waals surface area contributed by atoms with Crippen LogP contribution in [0.3, 0.4) is 0 Å². The summed E-state index contributed by atoms with van der Waals surface area (Å²) < 4.78 is 67.2. The Morgan fingerprint density at radius 3 is 1.39 bits per heavy atom. The van der Waals surface area contributed by atoms with E-state index in [2.05, 4.69) is 91.4 Å². The summed E-state index contributed by atoms with van der Waals surface area (Å²) in [5.41, 5.74) is 6.40. The van der Waals surface area contributed by atoms with E-state index in [-0.39, 0.29) is 20.6 Å². The summed E-state index contributed by atoms with van der Waals surface area (Å²) in [4.78, 5) is 22.0. The van der Waals surface area contributed by atoms with Gasteiger partial charge in [0, 0.05) is 55.3 Å². The first-order valence-corrected chi connectivity index (χ1v) is 21.4. The maximum Gasteiger partial charge on any atom is 0.395 e. The van der Waals surface area contributed by atoms with E-state index in [1.165, 1.54) is 37.8 Å². The second kappa shape index (κ2) is 28.3. The van der Waals surface area contributed by atoms with E-state index in [0.29, 0.717) is 19.8 Å². The number of alkyl halides is 5. The lowest BCUT2D eigenvalue weighted by Crippen LogP contribution is -2.43. The number of benzene rings is 5. The fourth-order valence-corrected chi connectivity index (χ4v) is 6.32. The van der Waals surface area contributed by atoms with Crippen molar-refractivity contribution in [1.82, 2.24) is 24.8 Å². The van der Waals surface area contributed by atoms with Crippen LogP contribution in [0.5, 0.6) is 0 Å². The van der Waals surface area contributed by atoms with Crippen molar-refractivity contribution < 1.29 is 41.4 Å². The molecule has 64 heavy (non-hydrogen) atoms. The first kappa shape index (κ1) is 52.9. The summed E-state index contributed by atoms with van der Waals surface area (Å²) in [6, 6.07) is 47.9. The molecule has 1 aliphatic rings. The lowest BCUT2D eigenvalue weighted by Gasteiger charge is -2.26. The topological polar surface area (TPSA) is 99.0 Å². The molecule has 1 aliphatic heterocycles. The van der Waals surface area contributed by atoms with Crippen LogP contribution in [0.2, 0.25) is 0 Å². The maximum atomic E-state index is 14.1. The Hall–Kier alpha value is -5.48. The van der Waals surface area contributed by atoms with Gasteiger partial charge in [0.1, 0.15) is 5.52 Å². The van der Waals surface area contributed by atoms with Gasteiger partial charge in [0.15, 0.2) is 0 Å². The van der Waals surface area contributed by atoms with Crippen LogP contribution >= 0.6 is 15.9 Å². The molecule has 7 rings (SSSR count). The first-order chi connectivity index (χ1) is 30.4. The van der Waals surface area contributed by atoms with E-state index in [4.69, 9.17) is 4.74 Å². The van der Waals surface area contributed by atoms with Crippen molar-refractivity contribution in [3.8, 4) is 0 Å². The SMILES string of the molecule is C.C1CCOC1.CCOC(=O)C(F)(F)Br.CCOC(=O)C(F)(F)CN(Cc1ccccc1)Cc1ccccc1.c1ccc(CN(Cc2ccccc2)Cn2nnc3ccccc32)cc1. The van der Waals surface area contributed by atoms with Gasteiger partial charge in [-0.3, -0.25) is 9.80 Å². The Bertz CT molecular complexity index is 2090. The largest absolute Gasteiger partial charge is 0.462 e. The van der Waals surface area contributed by atoms with Gasteiger partial charge in [-0.25, -0.2) is 14.3 Å². The van der Waals surface area contributed by atoms with E-state index >= 15 is 0 Å². The summed E-state index contributed by atoms with van der Waals surface area (Å²) >= 11 is 1.84. The number of nitrogens with zero attached hydrogens (tertiary/aromatic N) is 5. The van der Waals surface area contributed by atoms with Crippen LogP contribution in [0.25, 0.3) is 11.0 Å². The lowest BCUT2D eigenvalue weighted by atomic mass is 10.1. The zero-order valence-corrected chi connectivity index (χ0v) is 37.1. The summed E-state index contributed by atoms with van der Waals surface area (Å²) in [5, 5.41) is 8.62. The Kier molecular flexibility index (Phi) is 23.4. The quantitative estimate of drug-likeness (QED) is 0.0533. The van der Waals surface area contributed by atoms with Gasteiger partial charge in [-0.1, -0.05) is 146 Å². The highest BCUT2D eigenvalue weighted by Crippen LogP contribution is 2.23. The molecule has 5 aromatic carbocycles. The number of ether oxygens (including phenoxy) is 3. The molecule has 10 nitrogen and oxygen atoms in total. The van der Waals surface area contributed by atoms with Crippen molar-refractivity contribution in [2.75, 3.05) is 33.0 Å². The van der Waals surface area contributed by atoms with Crippen molar-refractivity contribution in [1.29, 1.82) is 0 Å². The van der Waals surface area contributed by atoms with E-state index < -0.39 is 29.2 Å². The highest BCUT2D eigenvalue weighted by atomic mass is 79.9. The van der Waals surface area contributed by atoms with E-state index in [0.717, 1.165) is 48.5 Å². The van der Waals surface area contributed by atoms with Gasteiger partial charge in [-0.05, 0) is 61.1 Å². The Morgan fingerprint density at radius 1 is 0.625 bits per heavy atom. The predicted molar refractivity (Wildman–Crippen MR) is 246 cm³/mol. The van der Waals surface area contributed by atoms with Gasteiger partial charge in [0.05, 0.1) is 31.9 Å².